The second kappa shape index (κ2) is 10.9. The average Bonchev–Trinajstić information content (AvgIpc) is 3.40. The van der Waals surface area contributed by atoms with E-state index in [4.69, 9.17) is 26.1 Å². The summed E-state index contributed by atoms with van der Waals surface area (Å²) in [6.07, 6.45) is 3.13. The fourth-order valence-electron chi connectivity index (χ4n) is 5.43. The number of carbonyl (C=O) groups excluding carboxylic acids is 1. The lowest BCUT2D eigenvalue weighted by molar-refractivity contribution is -0.141. The molecule has 12 heteroatoms. The Hall–Kier alpha value is -2.86. The number of piperidine rings is 1. The lowest BCUT2D eigenvalue weighted by Crippen LogP contribution is -2.58. The van der Waals surface area contributed by atoms with Crippen molar-refractivity contribution < 1.29 is 28.6 Å². The van der Waals surface area contributed by atoms with Crippen LogP contribution in [-0.4, -0.2) is 71.7 Å². The van der Waals surface area contributed by atoms with Crippen LogP contribution in [0, 0.1) is 11.7 Å². The number of nitrogens with one attached hydrogen (secondary N) is 1. The minimum absolute atomic E-state index is 0.0107. The number of aromatic nitrogens is 1. The quantitative estimate of drug-likeness (QED) is 0.506. The van der Waals surface area contributed by atoms with E-state index in [1.807, 2.05) is 5.38 Å². The summed E-state index contributed by atoms with van der Waals surface area (Å²) in [5.41, 5.74) is 1.15. The lowest BCUT2D eigenvalue weighted by Gasteiger charge is -2.49. The van der Waals surface area contributed by atoms with Crippen LogP contribution in [0.5, 0.6) is 0 Å². The zero-order chi connectivity index (χ0) is 26.1. The van der Waals surface area contributed by atoms with Crippen molar-refractivity contribution in [2.24, 2.45) is 10.9 Å². The number of fused-ring (bicyclic) bond motifs is 2. The van der Waals surface area contributed by atoms with Gasteiger partial charge in [0.2, 0.25) is 0 Å². The predicted molar refractivity (Wildman–Crippen MR) is 135 cm³/mol. The molecule has 1 aromatic heterocycles. The number of carbonyl (C=O) groups is 2. The Kier molecular flexibility index (Phi) is 7.57. The summed E-state index contributed by atoms with van der Waals surface area (Å²) in [5.74, 6) is -1.50. The Labute approximate surface area is 221 Å². The Morgan fingerprint density at radius 2 is 2.08 bits per heavy atom. The number of aliphatic imine (C=N–C) groups is 1. The first-order valence-corrected chi connectivity index (χ1v) is 13.2. The van der Waals surface area contributed by atoms with Crippen molar-refractivity contribution in [1.82, 2.24) is 15.2 Å². The molecular weight excluding hydrogens is 523 g/mol. The van der Waals surface area contributed by atoms with Gasteiger partial charge in [-0.1, -0.05) is 23.7 Å². The van der Waals surface area contributed by atoms with E-state index >= 15 is 0 Å². The normalized spacial score (nSPS) is 25.9. The summed E-state index contributed by atoms with van der Waals surface area (Å²) in [6.45, 7) is 1.29. The molecule has 3 aliphatic heterocycles. The lowest BCUT2D eigenvalue weighted by atomic mass is 9.82. The molecule has 3 aliphatic rings. The molecule has 2 aromatic rings. The van der Waals surface area contributed by atoms with Crippen molar-refractivity contribution in [3.05, 3.63) is 62.5 Å². The smallest absolute Gasteiger partial charge is 0.338 e. The third-order valence-corrected chi connectivity index (χ3v) is 8.19. The van der Waals surface area contributed by atoms with E-state index in [2.05, 4.69) is 15.2 Å². The summed E-state index contributed by atoms with van der Waals surface area (Å²) in [4.78, 5) is 35.9. The topological polar surface area (TPSA) is 113 Å². The molecule has 0 radical (unpaired) electrons. The molecule has 2 saturated heterocycles. The third kappa shape index (κ3) is 5.26. The van der Waals surface area contributed by atoms with E-state index in [1.54, 1.807) is 12.3 Å². The SMILES string of the molecule is COC(=O)C1=C(CN2[C@@H]3COC[C@H]2C[C@@H](CC(=O)O)C3)NC(c2nccs2)=N[C@H]1c1cccc(F)c1Cl. The number of esters is 1. The van der Waals surface area contributed by atoms with Gasteiger partial charge in [-0.15, -0.1) is 11.3 Å². The van der Waals surface area contributed by atoms with Gasteiger partial charge in [-0.25, -0.2) is 14.2 Å². The van der Waals surface area contributed by atoms with E-state index < -0.39 is 23.8 Å². The predicted octanol–water partition coefficient (Wildman–Crippen LogP) is 3.41. The van der Waals surface area contributed by atoms with E-state index in [0.29, 0.717) is 54.7 Å². The van der Waals surface area contributed by atoms with Crippen molar-refractivity contribution in [1.29, 1.82) is 0 Å². The first-order chi connectivity index (χ1) is 17.9. The second-order valence-electron chi connectivity index (χ2n) is 9.32. The van der Waals surface area contributed by atoms with Crippen LogP contribution in [0.1, 0.15) is 35.9 Å². The Morgan fingerprint density at radius 3 is 2.73 bits per heavy atom. The van der Waals surface area contributed by atoms with Crippen molar-refractivity contribution in [3.8, 4) is 0 Å². The monoisotopic (exact) mass is 548 g/mol. The average molecular weight is 549 g/mol. The number of carboxylic acid groups (broad SMARTS) is 1. The number of amidine groups is 1. The molecule has 4 atom stereocenters. The first-order valence-electron chi connectivity index (χ1n) is 11.9. The molecule has 1 aromatic carbocycles. The molecule has 0 unspecified atom stereocenters. The van der Waals surface area contributed by atoms with E-state index in [1.165, 1.54) is 30.6 Å². The minimum Gasteiger partial charge on any atom is -0.481 e. The molecule has 0 aliphatic carbocycles. The number of aliphatic carboxylic acids is 1. The highest BCUT2D eigenvalue weighted by atomic mass is 35.5. The first kappa shape index (κ1) is 25.8. The molecule has 2 bridgehead atoms. The summed E-state index contributed by atoms with van der Waals surface area (Å²) in [7, 11) is 1.29. The highest BCUT2D eigenvalue weighted by Gasteiger charge is 2.42. The Morgan fingerprint density at radius 1 is 1.32 bits per heavy atom. The summed E-state index contributed by atoms with van der Waals surface area (Å²) in [6, 6.07) is 3.49. The van der Waals surface area contributed by atoms with Gasteiger partial charge < -0.3 is 19.9 Å². The van der Waals surface area contributed by atoms with Crippen LogP contribution in [0.4, 0.5) is 4.39 Å². The van der Waals surface area contributed by atoms with Gasteiger partial charge in [-0.2, -0.15) is 0 Å². The van der Waals surface area contributed by atoms with Crippen LogP contribution in [0.2, 0.25) is 5.02 Å². The number of hydrogen-bond donors (Lipinski definition) is 2. The zero-order valence-corrected chi connectivity index (χ0v) is 21.6. The molecular formula is C25H26ClFN4O5S. The number of morpholine rings is 1. The zero-order valence-electron chi connectivity index (χ0n) is 20.0. The van der Waals surface area contributed by atoms with Crippen LogP contribution >= 0.6 is 22.9 Å². The fourth-order valence-corrected chi connectivity index (χ4v) is 6.25. The number of nitrogens with zero attached hydrogens (tertiary/aromatic N) is 3. The number of thiazole rings is 1. The number of rotatable bonds is 7. The van der Waals surface area contributed by atoms with Gasteiger partial charge in [0, 0.05) is 47.9 Å². The van der Waals surface area contributed by atoms with Crippen molar-refractivity contribution in [2.75, 3.05) is 26.9 Å². The van der Waals surface area contributed by atoms with Gasteiger partial charge >= 0.3 is 11.9 Å². The number of benzene rings is 1. The molecule has 37 heavy (non-hydrogen) atoms. The maximum absolute atomic E-state index is 14.5. The van der Waals surface area contributed by atoms with Crippen molar-refractivity contribution in [2.45, 2.75) is 37.4 Å². The molecule has 0 spiro atoms. The molecule has 4 heterocycles. The highest BCUT2D eigenvalue weighted by Crippen LogP contribution is 2.39. The molecule has 9 nitrogen and oxygen atoms in total. The van der Waals surface area contributed by atoms with Gasteiger partial charge in [-0.05, 0) is 24.8 Å². The standard InChI is InChI=1S/C25H26ClFN4O5S/c1-35-25(34)20-18(10-31-14-7-13(9-19(32)33)8-15(31)12-36-11-14)29-23(24-28-5-6-37-24)30-22(20)16-3-2-4-17(27)21(16)26/h2-6,13-15,22H,7-12H2,1H3,(H,29,30)(H,32,33)/t13-,14-,15+,22-/m0/s1. The molecule has 5 rings (SSSR count). The number of halogens is 2. The summed E-state index contributed by atoms with van der Waals surface area (Å²) >= 11 is 7.74. The van der Waals surface area contributed by atoms with Crippen LogP contribution in [0.3, 0.4) is 0 Å². The minimum atomic E-state index is -0.911. The van der Waals surface area contributed by atoms with Crippen LogP contribution in [0.15, 0.2) is 46.0 Å². The number of ether oxygens (including phenoxy) is 2. The van der Waals surface area contributed by atoms with Crippen molar-refractivity contribution in [3.63, 3.8) is 0 Å². The number of hydrogen-bond acceptors (Lipinski definition) is 9. The van der Waals surface area contributed by atoms with Crippen LogP contribution in [-0.2, 0) is 19.1 Å². The molecule has 196 valence electrons. The largest absolute Gasteiger partial charge is 0.481 e. The van der Waals surface area contributed by atoms with Gasteiger partial charge in [-0.3, -0.25) is 14.7 Å². The highest BCUT2D eigenvalue weighted by molar-refractivity contribution is 7.11. The van der Waals surface area contributed by atoms with Gasteiger partial charge in [0.05, 0.1) is 30.9 Å². The number of carboxylic acids is 1. The molecule has 0 saturated carbocycles. The maximum atomic E-state index is 14.5. The van der Waals surface area contributed by atoms with Crippen molar-refractivity contribution >= 4 is 40.7 Å². The summed E-state index contributed by atoms with van der Waals surface area (Å²) < 4.78 is 25.4. The van der Waals surface area contributed by atoms with E-state index in [0.717, 1.165) is 0 Å². The Balaban J connectivity index is 1.55. The Bertz CT molecular complexity index is 1240. The number of methoxy groups -OCH3 is 1. The van der Waals surface area contributed by atoms with Gasteiger partial charge in [0.25, 0.3) is 0 Å². The van der Waals surface area contributed by atoms with Crippen LogP contribution < -0.4 is 5.32 Å². The molecule has 0 amide bonds. The van der Waals surface area contributed by atoms with Gasteiger partial charge in [0.1, 0.15) is 11.9 Å². The summed E-state index contributed by atoms with van der Waals surface area (Å²) in [5, 5.41) is 14.9. The molecule has 2 N–H and O–H groups in total. The second-order valence-corrected chi connectivity index (χ2v) is 10.6. The van der Waals surface area contributed by atoms with Crippen LogP contribution in [0.25, 0.3) is 0 Å². The van der Waals surface area contributed by atoms with Gasteiger partial charge in [0.15, 0.2) is 10.8 Å². The van der Waals surface area contributed by atoms with E-state index in [-0.39, 0.29) is 35.0 Å². The fraction of sp³-hybridized carbons (Fsp3) is 0.440. The maximum Gasteiger partial charge on any atom is 0.338 e. The third-order valence-electron chi connectivity index (χ3n) is 7.02. The molecule has 2 fully saturated rings. The van der Waals surface area contributed by atoms with E-state index in [9.17, 15) is 19.1 Å².